The molecule has 0 spiro atoms. The van der Waals surface area contributed by atoms with Crippen molar-refractivity contribution in [2.24, 2.45) is 0 Å². The largest absolute Gasteiger partial charge is 0.371 e. The maximum absolute atomic E-state index is 13.3. The van der Waals surface area contributed by atoms with Crippen LogP contribution in [0.15, 0.2) is 24.3 Å². The van der Waals surface area contributed by atoms with E-state index in [1.807, 2.05) is 0 Å². The maximum Gasteiger partial charge on any atom is 0.251 e. The second-order valence-electron chi connectivity index (χ2n) is 7.33. The molecule has 1 aromatic rings. The second kappa shape index (κ2) is 7.26. The molecule has 3 rings (SSSR count). The Hall–Kier alpha value is -1.36. The number of rotatable bonds is 3. The number of hydrogen-bond donors (Lipinski definition) is 0. The van der Waals surface area contributed by atoms with Gasteiger partial charge in [0.15, 0.2) is 0 Å². The van der Waals surface area contributed by atoms with Gasteiger partial charge in [0.1, 0.15) is 0 Å². The molecule has 0 aromatic heterocycles. The van der Waals surface area contributed by atoms with E-state index < -0.39 is 5.92 Å². The quantitative estimate of drug-likeness (QED) is 0.830. The summed E-state index contributed by atoms with van der Waals surface area (Å²) in [7, 11) is 0. The highest BCUT2D eigenvalue weighted by molar-refractivity contribution is 5.56. The van der Waals surface area contributed by atoms with Gasteiger partial charge < -0.3 is 9.80 Å². The maximum atomic E-state index is 13.3. The number of benzene rings is 1. The van der Waals surface area contributed by atoms with Crippen LogP contribution in [0.25, 0.3) is 0 Å². The van der Waals surface area contributed by atoms with Crippen molar-refractivity contribution in [3.8, 4) is 0 Å². The van der Waals surface area contributed by atoms with Crippen molar-refractivity contribution in [2.75, 3.05) is 49.1 Å². The average Bonchev–Trinajstić information content (AvgIpc) is 2.81. The lowest BCUT2D eigenvalue weighted by Crippen LogP contribution is -2.39. The Balaban J connectivity index is 1.60. The topological polar surface area (TPSA) is 9.72 Å². The van der Waals surface area contributed by atoms with Gasteiger partial charge >= 0.3 is 0 Å². The van der Waals surface area contributed by atoms with Crippen molar-refractivity contribution in [3.05, 3.63) is 24.3 Å². The molecule has 134 valence electrons. The molecule has 3 nitrogen and oxygen atoms in total. The molecule has 1 aromatic carbocycles. The molecule has 5 heteroatoms. The second-order valence-corrected chi connectivity index (χ2v) is 7.33. The smallest absolute Gasteiger partial charge is 0.251 e. The van der Waals surface area contributed by atoms with E-state index in [1.165, 1.54) is 12.1 Å². The van der Waals surface area contributed by atoms with E-state index in [0.29, 0.717) is 19.1 Å². The predicted octanol–water partition coefficient (Wildman–Crippen LogP) is 3.84. The van der Waals surface area contributed by atoms with E-state index in [4.69, 9.17) is 0 Å². The van der Waals surface area contributed by atoms with Crippen LogP contribution in [0.5, 0.6) is 0 Å². The lowest BCUT2D eigenvalue weighted by atomic mass is 10.1. The molecule has 0 N–H and O–H groups in total. The third-order valence-electron chi connectivity index (χ3n) is 5.34. The monoisotopic (exact) mass is 337 g/mol. The van der Waals surface area contributed by atoms with Gasteiger partial charge in [0, 0.05) is 69.5 Å². The molecule has 2 aliphatic heterocycles. The van der Waals surface area contributed by atoms with E-state index in [-0.39, 0.29) is 12.8 Å². The predicted molar refractivity (Wildman–Crippen MR) is 96.4 cm³/mol. The van der Waals surface area contributed by atoms with Gasteiger partial charge in [-0.25, -0.2) is 8.78 Å². The SMILES string of the molecule is CC(C)N1CCCN(c2ccc(N3CCC(F)(F)CC3)cc2)CC1. The fraction of sp³-hybridized carbons (Fsp3) is 0.684. The third kappa shape index (κ3) is 4.18. The summed E-state index contributed by atoms with van der Waals surface area (Å²) < 4.78 is 26.6. The minimum atomic E-state index is -2.48. The van der Waals surface area contributed by atoms with Crippen LogP contribution in [0.2, 0.25) is 0 Å². The van der Waals surface area contributed by atoms with Crippen molar-refractivity contribution in [1.82, 2.24) is 4.90 Å². The summed E-state index contributed by atoms with van der Waals surface area (Å²) in [6.45, 7) is 9.79. The molecule has 2 fully saturated rings. The summed E-state index contributed by atoms with van der Waals surface area (Å²) in [5.41, 5.74) is 2.31. The van der Waals surface area contributed by atoms with Gasteiger partial charge in [-0.3, -0.25) is 4.90 Å². The van der Waals surface area contributed by atoms with Gasteiger partial charge in [0.05, 0.1) is 0 Å². The number of nitrogens with zero attached hydrogens (tertiary/aromatic N) is 3. The Kier molecular flexibility index (Phi) is 5.28. The van der Waals surface area contributed by atoms with Gasteiger partial charge in [-0.2, -0.15) is 0 Å². The molecule has 2 aliphatic rings. The highest BCUT2D eigenvalue weighted by atomic mass is 19.3. The summed E-state index contributed by atoms with van der Waals surface area (Å²) in [6.07, 6.45) is 1.11. The summed E-state index contributed by atoms with van der Waals surface area (Å²) >= 11 is 0. The van der Waals surface area contributed by atoms with Crippen LogP contribution in [0.4, 0.5) is 20.2 Å². The summed E-state index contributed by atoms with van der Waals surface area (Å²) in [4.78, 5) is 7.04. The first-order valence-electron chi connectivity index (χ1n) is 9.16. The zero-order valence-electron chi connectivity index (χ0n) is 14.8. The molecular weight excluding hydrogens is 308 g/mol. The molecule has 0 unspecified atom stereocenters. The Morgan fingerprint density at radius 1 is 0.792 bits per heavy atom. The summed E-state index contributed by atoms with van der Waals surface area (Å²) in [5.74, 6) is -2.48. The first-order valence-corrected chi connectivity index (χ1v) is 9.16. The number of halogens is 2. The molecule has 0 radical (unpaired) electrons. The number of piperidine rings is 1. The molecule has 2 heterocycles. The van der Waals surface area contributed by atoms with Gasteiger partial charge in [-0.1, -0.05) is 0 Å². The van der Waals surface area contributed by atoms with Crippen LogP contribution in [0, 0.1) is 0 Å². The van der Waals surface area contributed by atoms with Gasteiger partial charge in [-0.05, 0) is 44.5 Å². The molecule has 0 aliphatic carbocycles. The number of alkyl halides is 2. The van der Waals surface area contributed by atoms with E-state index in [2.05, 4.69) is 52.8 Å². The van der Waals surface area contributed by atoms with Crippen molar-refractivity contribution in [2.45, 2.75) is 45.1 Å². The molecule has 0 bridgehead atoms. The van der Waals surface area contributed by atoms with Crippen LogP contribution in [0.3, 0.4) is 0 Å². The lowest BCUT2D eigenvalue weighted by molar-refractivity contribution is -0.0220. The van der Waals surface area contributed by atoms with Crippen molar-refractivity contribution in [3.63, 3.8) is 0 Å². The number of hydrogen-bond acceptors (Lipinski definition) is 3. The van der Waals surface area contributed by atoms with Crippen molar-refractivity contribution < 1.29 is 8.78 Å². The standard InChI is InChI=1S/C19H29F2N3/c1-16(2)22-10-3-11-23(15-14-22)17-4-6-18(7-5-17)24-12-8-19(20,21)9-13-24/h4-7,16H,3,8-15H2,1-2H3. The third-order valence-corrected chi connectivity index (χ3v) is 5.34. The summed E-state index contributed by atoms with van der Waals surface area (Å²) in [5, 5.41) is 0. The highest BCUT2D eigenvalue weighted by Crippen LogP contribution is 2.31. The van der Waals surface area contributed by atoms with Crippen LogP contribution >= 0.6 is 0 Å². The van der Waals surface area contributed by atoms with Gasteiger partial charge in [0.25, 0.3) is 5.92 Å². The Bertz CT molecular complexity index is 520. The fourth-order valence-corrected chi connectivity index (χ4v) is 3.68. The Morgan fingerprint density at radius 2 is 1.33 bits per heavy atom. The van der Waals surface area contributed by atoms with Gasteiger partial charge in [0.2, 0.25) is 0 Å². The normalized spacial score (nSPS) is 22.7. The fourth-order valence-electron chi connectivity index (χ4n) is 3.68. The minimum absolute atomic E-state index is 0.0358. The van der Waals surface area contributed by atoms with Crippen LogP contribution in [-0.4, -0.2) is 56.1 Å². The Labute approximate surface area is 144 Å². The molecule has 0 amide bonds. The zero-order chi connectivity index (χ0) is 17.2. The molecular formula is C19H29F2N3. The first-order chi connectivity index (χ1) is 11.4. The highest BCUT2D eigenvalue weighted by Gasteiger charge is 2.34. The minimum Gasteiger partial charge on any atom is -0.371 e. The molecule has 0 atom stereocenters. The van der Waals surface area contributed by atoms with Crippen LogP contribution < -0.4 is 9.80 Å². The zero-order valence-corrected chi connectivity index (χ0v) is 14.8. The molecule has 0 saturated carbocycles. The number of anilines is 2. The van der Waals surface area contributed by atoms with E-state index >= 15 is 0 Å². The van der Waals surface area contributed by atoms with E-state index in [9.17, 15) is 8.78 Å². The van der Waals surface area contributed by atoms with E-state index in [0.717, 1.165) is 31.9 Å². The Morgan fingerprint density at radius 3 is 1.88 bits per heavy atom. The van der Waals surface area contributed by atoms with Crippen LogP contribution in [-0.2, 0) is 0 Å². The van der Waals surface area contributed by atoms with Gasteiger partial charge in [-0.15, -0.1) is 0 Å². The first kappa shape index (κ1) is 17.5. The van der Waals surface area contributed by atoms with Crippen molar-refractivity contribution >= 4 is 11.4 Å². The van der Waals surface area contributed by atoms with E-state index in [1.54, 1.807) is 0 Å². The molecule has 2 saturated heterocycles. The lowest BCUT2D eigenvalue weighted by Gasteiger charge is -2.33. The average molecular weight is 337 g/mol. The molecule has 24 heavy (non-hydrogen) atoms. The summed E-state index contributed by atoms with van der Waals surface area (Å²) in [6, 6.07) is 9.07. The van der Waals surface area contributed by atoms with Crippen LogP contribution in [0.1, 0.15) is 33.1 Å². The van der Waals surface area contributed by atoms with Crippen molar-refractivity contribution in [1.29, 1.82) is 0 Å².